The van der Waals surface area contributed by atoms with Gasteiger partial charge in [0, 0.05) is 5.69 Å². The highest BCUT2D eigenvalue weighted by Crippen LogP contribution is 2.31. The van der Waals surface area contributed by atoms with Gasteiger partial charge < -0.3 is 10.6 Å². The molecule has 3 aromatic rings. The molecule has 1 amide bonds. The van der Waals surface area contributed by atoms with Gasteiger partial charge in [0.1, 0.15) is 0 Å². The molecule has 1 aromatic heterocycles. The summed E-state index contributed by atoms with van der Waals surface area (Å²) in [5, 5.41) is 16.9. The smallest absolute Gasteiger partial charge is 0.276 e. The highest BCUT2D eigenvalue weighted by Gasteiger charge is 2.26. The summed E-state index contributed by atoms with van der Waals surface area (Å²) in [4.78, 5) is 12.7. The molecule has 4 rings (SSSR count). The van der Waals surface area contributed by atoms with Crippen LogP contribution < -0.4 is 10.6 Å². The summed E-state index contributed by atoms with van der Waals surface area (Å²) in [5.41, 5.74) is 6.02. The fourth-order valence-electron chi connectivity index (χ4n) is 3.37. The number of aromatic nitrogens is 3. The Morgan fingerprint density at radius 1 is 1.12 bits per heavy atom. The molecule has 1 heterocycles. The number of amides is 1. The minimum absolute atomic E-state index is 0.0184. The lowest BCUT2D eigenvalue weighted by Gasteiger charge is -2.14. The molecule has 0 spiro atoms. The number of aromatic amines is 1. The van der Waals surface area contributed by atoms with Gasteiger partial charge in [-0.2, -0.15) is 5.21 Å². The van der Waals surface area contributed by atoms with Crippen molar-refractivity contribution >= 4 is 17.4 Å². The molecular weight excluding hydrogens is 326 g/mol. The van der Waals surface area contributed by atoms with E-state index in [4.69, 9.17) is 0 Å². The zero-order chi connectivity index (χ0) is 18.1. The second-order valence-electron chi connectivity index (χ2n) is 6.71. The maximum absolute atomic E-state index is 12.7. The minimum atomic E-state index is -0.230. The monoisotopic (exact) mass is 347 g/mol. The summed E-state index contributed by atoms with van der Waals surface area (Å²) >= 11 is 0. The fraction of sp³-hybridized carbons (Fsp3) is 0.250. The van der Waals surface area contributed by atoms with Gasteiger partial charge in [0.2, 0.25) is 0 Å². The number of anilines is 2. The molecule has 1 aliphatic carbocycles. The first-order valence-corrected chi connectivity index (χ1v) is 8.75. The van der Waals surface area contributed by atoms with E-state index in [-0.39, 0.29) is 17.6 Å². The Morgan fingerprint density at radius 3 is 2.81 bits per heavy atom. The molecule has 1 aliphatic rings. The molecule has 3 N–H and O–H groups in total. The molecule has 6 nitrogen and oxygen atoms in total. The maximum atomic E-state index is 12.7. The van der Waals surface area contributed by atoms with Crippen molar-refractivity contribution in [2.24, 2.45) is 0 Å². The molecule has 0 saturated carbocycles. The number of rotatable bonds is 4. The average Bonchev–Trinajstić information content (AvgIpc) is 3.26. The van der Waals surface area contributed by atoms with E-state index in [1.165, 1.54) is 22.3 Å². The van der Waals surface area contributed by atoms with Crippen LogP contribution in [0.4, 0.5) is 11.5 Å². The van der Waals surface area contributed by atoms with Crippen molar-refractivity contribution in [2.75, 3.05) is 5.32 Å². The molecule has 0 saturated heterocycles. The van der Waals surface area contributed by atoms with Gasteiger partial charge in [-0.1, -0.05) is 30.3 Å². The Kier molecular flexibility index (Phi) is 4.16. The summed E-state index contributed by atoms with van der Waals surface area (Å²) in [6.07, 6.45) is 1.89. The number of H-pyrrole nitrogens is 1. The third-order valence-electron chi connectivity index (χ3n) is 4.97. The van der Waals surface area contributed by atoms with E-state index < -0.39 is 0 Å². The number of fused-ring (bicyclic) bond motifs is 1. The summed E-state index contributed by atoms with van der Waals surface area (Å²) in [6.45, 7) is 4.11. The lowest BCUT2D eigenvalue weighted by atomic mass is 10.1. The third-order valence-corrected chi connectivity index (χ3v) is 4.97. The van der Waals surface area contributed by atoms with Crippen molar-refractivity contribution in [1.29, 1.82) is 0 Å². The maximum Gasteiger partial charge on any atom is 0.276 e. The molecule has 0 radical (unpaired) electrons. The minimum Gasteiger partial charge on any atom is -0.344 e. The van der Waals surface area contributed by atoms with Gasteiger partial charge in [0.05, 0.1) is 6.04 Å². The van der Waals surface area contributed by atoms with Crippen molar-refractivity contribution in [1.82, 2.24) is 20.7 Å². The Morgan fingerprint density at radius 2 is 1.96 bits per heavy atom. The van der Waals surface area contributed by atoms with Crippen LogP contribution >= 0.6 is 0 Å². The fourth-order valence-corrected chi connectivity index (χ4v) is 3.37. The summed E-state index contributed by atoms with van der Waals surface area (Å²) < 4.78 is 0. The van der Waals surface area contributed by atoms with E-state index in [1.807, 2.05) is 30.3 Å². The molecule has 0 unspecified atom stereocenters. The highest BCUT2D eigenvalue weighted by molar-refractivity contribution is 5.97. The summed E-state index contributed by atoms with van der Waals surface area (Å²) in [6, 6.07) is 14.3. The van der Waals surface area contributed by atoms with E-state index in [1.54, 1.807) is 0 Å². The molecule has 0 bridgehead atoms. The molecule has 0 fully saturated rings. The van der Waals surface area contributed by atoms with Gasteiger partial charge in [-0.3, -0.25) is 4.79 Å². The average molecular weight is 347 g/mol. The van der Waals surface area contributed by atoms with Gasteiger partial charge in [0.25, 0.3) is 5.91 Å². The van der Waals surface area contributed by atoms with Gasteiger partial charge in [-0.05, 0) is 61.1 Å². The Bertz CT molecular complexity index is 962. The quantitative estimate of drug-likeness (QED) is 0.674. The van der Waals surface area contributed by atoms with Gasteiger partial charge in [-0.25, -0.2) is 0 Å². The van der Waals surface area contributed by atoms with Crippen molar-refractivity contribution in [2.45, 2.75) is 32.7 Å². The zero-order valence-electron chi connectivity index (χ0n) is 14.8. The van der Waals surface area contributed by atoms with Crippen molar-refractivity contribution < 1.29 is 4.79 Å². The van der Waals surface area contributed by atoms with Crippen LogP contribution in [0.15, 0.2) is 42.5 Å². The Balaban J connectivity index is 1.51. The van der Waals surface area contributed by atoms with Crippen LogP contribution in [0.2, 0.25) is 0 Å². The number of hydrogen-bond donors (Lipinski definition) is 3. The standard InChI is InChI=1S/C20H21N5O/c1-12-7-9-15(11-13(12)2)21-19-18(23-25-24-19)20(26)22-17-10-8-14-5-3-4-6-16(14)17/h3-7,9,11,17H,8,10H2,1-2H3,(H,22,26)(H2,21,23,24,25)/t17-/m1/s1. The van der Waals surface area contributed by atoms with Gasteiger partial charge in [0.15, 0.2) is 11.5 Å². The second kappa shape index (κ2) is 6.63. The molecule has 0 aliphatic heterocycles. The number of hydrogen-bond acceptors (Lipinski definition) is 4. The van der Waals surface area contributed by atoms with E-state index >= 15 is 0 Å². The number of nitrogens with one attached hydrogen (secondary N) is 3. The molecule has 26 heavy (non-hydrogen) atoms. The molecule has 2 aromatic carbocycles. The number of carbonyl (C=O) groups excluding carboxylic acids is 1. The number of carbonyl (C=O) groups is 1. The molecule has 1 atom stereocenters. The Labute approximate surface area is 152 Å². The van der Waals surface area contributed by atoms with Crippen LogP contribution in [0.1, 0.15) is 45.2 Å². The summed E-state index contributed by atoms with van der Waals surface area (Å²) in [5.74, 6) is 0.198. The van der Waals surface area contributed by atoms with E-state index in [2.05, 4.69) is 52.0 Å². The first kappa shape index (κ1) is 16.3. The van der Waals surface area contributed by atoms with Crippen LogP contribution in [0.3, 0.4) is 0 Å². The molecule has 6 heteroatoms. The SMILES string of the molecule is Cc1ccc(Nc2n[nH]nc2C(=O)N[C@@H]2CCc3ccccc32)cc1C. The van der Waals surface area contributed by atoms with Gasteiger partial charge >= 0.3 is 0 Å². The van der Waals surface area contributed by atoms with Gasteiger partial charge in [-0.15, -0.1) is 10.2 Å². The predicted molar refractivity (Wildman–Crippen MR) is 101 cm³/mol. The first-order valence-electron chi connectivity index (χ1n) is 8.75. The van der Waals surface area contributed by atoms with E-state index in [0.29, 0.717) is 5.82 Å². The molecular formula is C20H21N5O. The normalized spacial score (nSPS) is 15.5. The Hall–Kier alpha value is -3.15. The second-order valence-corrected chi connectivity index (χ2v) is 6.71. The highest BCUT2D eigenvalue weighted by atomic mass is 16.2. The molecule has 132 valence electrons. The van der Waals surface area contributed by atoms with Crippen LogP contribution in [0.5, 0.6) is 0 Å². The topological polar surface area (TPSA) is 82.7 Å². The first-order chi connectivity index (χ1) is 12.6. The number of nitrogens with zero attached hydrogens (tertiary/aromatic N) is 2. The lowest BCUT2D eigenvalue weighted by molar-refractivity contribution is 0.0932. The van der Waals surface area contributed by atoms with Crippen molar-refractivity contribution in [3.05, 3.63) is 70.4 Å². The zero-order valence-corrected chi connectivity index (χ0v) is 14.8. The van der Waals surface area contributed by atoms with Crippen molar-refractivity contribution in [3.63, 3.8) is 0 Å². The van der Waals surface area contributed by atoms with Crippen LogP contribution in [-0.4, -0.2) is 21.3 Å². The van der Waals surface area contributed by atoms with E-state index in [9.17, 15) is 4.79 Å². The van der Waals surface area contributed by atoms with Crippen LogP contribution in [0.25, 0.3) is 0 Å². The van der Waals surface area contributed by atoms with Crippen LogP contribution in [-0.2, 0) is 6.42 Å². The lowest BCUT2D eigenvalue weighted by Crippen LogP contribution is -2.28. The van der Waals surface area contributed by atoms with E-state index in [0.717, 1.165) is 18.5 Å². The summed E-state index contributed by atoms with van der Waals surface area (Å²) in [7, 11) is 0. The third kappa shape index (κ3) is 3.06. The van der Waals surface area contributed by atoms with Crippen LogP contribution in [0, 0.1) is 13.8 Å². The number of aryl methyl sites for hydroxylation is 3. The largest absolute Gasteiger partial charge is 0.344 e. The predicted octanol–water partition coefficient (Wildman–Crippen LogP) is 3.58. The van der Waals surface area contributed by atoms with Crippen molar-refractivity contribution in [3.8, 4) is 0 Å². The number of benzene rings is 2.